The Morgan fingerprint density at radius 2 is 1.84 bits per heavy atom. The Hall–Kier alpha value is -1.15. The molecule has 0 heterocycles. The van der Waals surface area contributed by atoms with E-state index in [1.165, 1.54) is 37.7 Å². The van der Waals surface area contributed by atoms with Crippen molar-refractivity contribution in [3.63, 3.8) is 0 Å². The topological polar surface area (TPSA) is 26.3 Å². The third-order valence-corrected chi connectivity index (χ3v) is 4.90. The Bertz CT molecular complexity index is 432. The van der Waals surface area contributed by atoms with Crippen LogP contribution in [0.25, 0.3) is 0 Å². The SMILES string of the molecule is O=C1CC2(CCCCC2)C1COCc1ccccc1. The predicted molar refractivity (Wildman–Crippen MR) is 74.7 cm³/mol. The van der Waals surface area contributed by atoms with Crippen LogP contribution in [-0.4, -0.2) is 12.4 Å². The number of benzene rings is 1. The summed E-state index contributed by atoms with van der Waals surface area (Å²) in [5.41, 5.74) is 1.50. The molecule has 2 saturated carbocycles. The fourth-order valence-electron chi connectivity index (χ4n) is 3.72. The smallest absolute Gasteiger partial charge is 0.139 e. The fourth-order valence-corrected chi connectivity index (χ4v) is 3.72. The summed E-state index contributed by atoms with van der Waals surface area (Å²) in [4.78, 5) is 11.9. The van der Waals surface area contributed by atoms with Crippen molar-refractivity contribution in [1.82, 2.24) is 0 Å². The van der Waals surface area contributed by atoms with Crippen molar-refractivity contribution in [3.8, 4) is 0 Å². The quantitative estimate of drug-likeness (QED) is 0.822. The lowest BCUT2D eigenvalue weighted by molar-refractivity contribution is -0.152. The maximum atomic E-state index is 11.9. The highest BCUT2D eigenvalue weighted by molar-refractivity contribution is 5.89. The molecule has 1 spiro atoms. The third kappa shape index (κ3) is 2.59. The lowest BCUT2D eigenvalue weighted by Crippen LogP contribution is -2.51. The zero-order chi connectivity index (χ0) is 13.1. The largest absolute Gasteiger partial charge is 0.376 e. The van der Waals surface area contributed by atoms with Crippen LogP contribution >= 0.6 is 0 Å². The van der Waals surface area contributed by atoms with E-state index in [0.717, 1.165) is 6.42 Å². The van der Waals surface area contributed by atoms with E-state index in [2.05, 4.69) is 12.1 Å². The van der Waals surface area contributed by atoms with Crippen molar-refractivity contribution in [2.75, 3.05) is 6.61 Å². The summed E-state index contributed by atoms with van der Waals surface area (Å²) in [6.07, 6.45) is 7.21. The molecule has 0 bridgehead atoms. The highest BCUT2D eigenvalue weighted by atomic mass is 16.5. The lowest BCUT2D eigenvalue weighted by Gasteiger charge is -2.50. The van der Waals surface area contributed by atoms with Gasteiger partial charge in [-0.15, -0.1) is 0 Å². The molecule has 2 heteroatoms. The van der Waals surface area contributed by atoms with Gasteiger partial charge in [-0.3, -0.25) is 4.79 Å². The van der Waals surface area contributed by atoms with Crippen LogP contribution < -0.4 is 0 Å². The van der Waals surface area contributed by atoms with Gasteiger partial charge in [-0.05, 0) is 23.8 Å². The molecule has 1 unspecified atom stereocenters. The van der Waals surface area contributed by atoms with Gasteiger partial charge in [0.05, 0.1) is 13.2 Å². The van der Waals surface area contributed by atoms with Gasteiger partial charge in [-0.1, -0.05) is 49.6 Å². The predicted octanol–water partition coefficient (Wildman–Crippen LogP) is 3.74. The van der Waals surface area contributed by atoms with Gasteiger partial charge in [0, 0.05) is 12.3 Å². The van der Waals surface area contributed by atoms with Crippen molar-refractivity contribution >= 4 is 5.78 Å². The number of hydrogen-bond donors (Lipinski definition) is 0. The lowest BCUT2D eigenvalue weighted by atomic mass is 9.53. The van der Waals surface area contributed by atoms with Crippen molar-refractivity contribution < 1.29 is 9.53 Å². The van der Waals surface area contributed by atoms with Crippen LogP contribution in [0.1, 0.15) is 44.1 Å². The number of hydrogen-bond acceptors (Lipinski definition) is 2. The first-order chi connectivity index (χ1) is 9.30. The van der Waals surface area contributed by atoms with E-state index in [4.69, 9.17) is 4.74 Å². The van der Waals surface area contributed by atoms with Crippen molar-refractivity contribution in [2.45, 2.75) is 45.1 Å². The molecule has 2 nitrogen and oxygen atoms in total. The summed E-state index contributed by atoms with van der Waals surface area (Å²) < 4.78 is 5.80. The number of ketones is 1. The summed E-state index contributed by atoms with van der Waals surface area (Å²) in [5.74, 6) is 0.603. The molecule has 0 amide bonds. The molecule has 2 aliphatic rings. The molecule has 0 radical (unpaired) electrons. The van der Waals surface area contributed by atoms with Crippen LogP contribution in [0.15, 0.2) is 30.3 Å². The highest BCUT2D eigenvalue weighted by Gasteiger charge is 2.52. The molecular weight excluding hydrogens is 236 g/mol. The zero-order valence-electron chi connectivity index (χ0n) is 11.4. The molecule has 1 atom stereocenters. The maximum Gasteiger partial charge on any atom is 0.139 e. The van der Waals surface area contributed by atoms with Gasteiger partial charge < -0.3 is 4.74 Å². The van der Waals surface area contributed by atoms with E-state index < -0.39 is 0 Å². The highest BCUT2D eigenvalue weighted by Crippen LogP contribution is 2.53. The summed E-state index contributed by atoms with van der Waals surface area (Å²) in [5, 5.41) is 0. The van der Waals surface area contributed by atoms with Gasteiger partial charge in [0.1, 0.15) is 5.78 Å². The van der Waals surface area contributed by atoms with E-state index >= 15 is 0 Å². The van der Waals surface area contributed by atoms with Crippen molar-refractivity contribution in [3.05, 3.63) is 35.9 Å². The van der Waals surface area contributed by atoms with E-state index in [0.29, 0.717) is 24.4 Å². The van der Waals surface area contributed by atoms with E-state index in [1.54, 1.807) is 0 Å². The molecule has 0 aromatic heterocycles. The van der Waals surface area contributed by atoms with Crippen LogP contribution in [-0.2, 0) is 16.1 Å². The first-order valence-corrected chi connectivity index (χ1v) is 7.45. The number of rotatable bonds is 4. The van der Waals surface area contributed by atoms with Crippen molar-refractivity contribution in [1.29, 1.82) is 0 Å². The molecule has 1 aromatic carbocycles. The Kier molecular flexibility index (Phi) is 3.69. The second kappa shape index (κ2) is 5.46. The van der Waals surface area contributed by atoms with Gasteiger partial charge in [0.15, 0.2) is 0 Å². The maximum absolute atomic E-state index is 11.9. The van der Waals surface area contributed by atoms with Crippen molar-refractivity contribution in [2.24, 2.45) is 11.3 Å². The Morgan fingerprint density at radius 1 is 1.11 bits per heavy atom. The second-order valence-corrected chi connectivity index (χ2v) is 6.12. The minimum absolute atomic E-state index is 0.177. The van der Waals surface area contributed by atoms with Crippen LogP contribution in [0, 0.1) is 11.3 Å². The molecule has 2 fully saturated rings. The van der Waals surface area contributed by atoms with E-state index in [9.17, 15) is 4.79 Å². The number of Topliss-reactive ketones (excluding diaryl/α,β-unsaturated/α-hetero) is 1. The first kappa shape index (κ1) is 12.9. The summed E-state index contributed by atoms with van der Waals surface area (Å²) in [6, 6.07) is 10.2. The van der Waals surface area contributed by atoms with Crippen LogP contribution in [0.4, 0.5) is 0 Å². The van der Waals surface area contributed by atoms with Gasteiger partial charge in [0.25, 0.3) is 0 Å². The first-order valence-electron chi connectivity index (χ1n) is 7.45. The van der Waals surface area contributed by atoms with Crippen LogP contribution in [0.3, 0.4) is 0 Å². The molecule has 0 aliphatic heterocycles. The zero-order valence-corrected chi connectivity index (χ0v) is 11.4. The molecular formula is C17H22O2. The third-order valence-electron chi connectivity index (χ3n) is 4.90. The average Bonchev–Trinajstić information content (AvgIpc) is 2.46. The van der Waals surface area contributed by atoms with Crippen LogP contribution in [0.5, 0.6) is 0 Å². The standard InChI is InChI=1S/C17H22O2/c18-16-11-17(9-5-2-6-10-17)15(16)13-19-12-14-7-3-1-4-8-14/h1,3-4,7-8,15H,2,5-6,9-13H2. The van der Waals surface area contributed by atoms with Gasteiger partial charge in [-0.2, -0.15) is 0 Å². The molecule has 0 N–H and O–H groups in total. The normalized spacial score (nSPS) is 25.3. The fraction of sp³-hybridized carbons (Fsp3) is 0.588. The summed E-state index contributed by atoms with van der Waals surface area (Å²) >= 11 is 0. The molecule has 102 valence electrons. The van der Waals surface area contributed by atoms with Gasteiger partial charge in [-0.25, -0.2) is 0 Å². The van der Waals surface area contributed by atoms with Gasteiger partial charge in [0.2, 0.25) is 0 Å². The minimum atomic E-state index is 0.177. The molecule has 19 heavy (non-hydrogen) atoms. The Labute approximate surface area is 115 Å². The monoisotopic (exact) mass is 258 g/mol. The second-order valence-electron chi connectivity index (χ2n) is 6.12. The molecule has 0 saturated heterocycles. The number of ether oxygens (including phenoxy) is 1. The Morgan fingerprint density at radius 3 is 2.53 bits per heavy atom. The van der Waals surface area contributed by atoms with Gasteiger partial charge >= 0.3 is 0 Å². The van der Waals surface area contributed by atoms with Crippen LogP contribution in [0.2, 0.25) is 0 Å². The van der Waals surface area contributed by atoms with E-state index in [1.807, 2.05) is 18.2 Å². The number of carbonyl (C=O) groups excluding carboxylic acids is 1. The molecule has 1 aromatic rings. The minimum Gasteiger partial charge on any atom is -0.376 e. The summed E-state index contributed by atoms with van der Waals surface area (Å²) in [7, 11) is 0. The Balaban J connectivity index is 1.53. The molecule has 3 rings (SSSR count). The van der Waals surface area contributed by atoms with E-state index in [-0.39, 0.29) is 5.92 Å². The number of carbonyl (C=O) groups is 1. The molecule has 2 aliphatic carbocycles. The average molecular weight is 258 g/mol. The summed E-state index contributed by atoms with van der Waals surface area (Å²) in [6.45, 7) is 1.24.